The molecule has 1 aromatic heterocycles. The largest absolute Gasteiger partial charge is 0.465 e. The fraction of sp³-hybridized carbons (Fsp3) is 0.538. The molecule has 4 nitrogen and oxygen atoms in total. The maximum Gasteiger partial charge on any atom is 0.339 e. The van der Waals surface area contributed by atoms with Crippen LogP contribution in [0.1, 0.15) is 35.8 Å². The van der Waals surface area contributed by atoms with E-state index in [0.29, 0.717) is 17.3 Å². The average Bonchev–Trinajstić information content (AvgIpc) is 3.07. The summed E-state index contributed by atoms with van der Waals surface area (Å²) < 4.78 is 4.69. The van der Waals surface area contributed by atoms with Crippen molar-refractivity contribution < 1.29 is 9.53 Å². The van der Waals surface area contributed by atoms with Gasteiger partial charge in [0.25, 0.3) is 0 Å². The number of pyridine rings is 1. The number of ether oxygens (including phenoxy) is 1. The first-order valence-corrected chi connectivity index (χ1v) is 5.98. The quantitative estimate of drug-likeness (QED) is 0.813. The summed E-state index contributed by atoms with van der Waals surface area (Å²) in [7, 11) is 1.38. The average molecular weight is 234 g/mol. The van der Waals surface area contributed by atoms with E-state index in [-0.39, 0.29) is 5.97 Å². The Balaban J connectivity index is 2.06. The lowest BCUT2D eigenvalue weighted by Gasteiger charge is -2.08. The summed E-state index contributed by atoms with van der Waals surface area (Å²) in [5, 5.41) is 3.38. The third-order valence-electron chi connectivity index (χ3n) is 3.27. The summed E-state index contributed by atoms with van der Waals surface area (Å²) in [6.07, 6.45) is 2.42. The first kappa shape index (κ1) is 11.9. The van der Waals surface area contributed by atoms with Crippen molar-refractivity contribution in [1.82, 2.24) is 4.98 Å². The monoisotopic (exact) mass is 234 g/mol. The minimum absolute atomic E-state index is 0.334. The Morgan fingerprint density at radius 2 is 2.35 bits per heavy atom. The Morgan fingerprint density at radius 3 is 2.88 bits per heavy atom. The van der Waals surface area contributed by atoms with E-state index in [9.17, 15) is 4.79 Å². The highest BCUT2D eigenvalue weighted by Crippen LogP contribution is 2.35. The summed E-state index contributed by atoms with van der Waals surface area (Å²) in [5.74, 6) is 1.29. The van der Waals surface area contributed by atoms with Crippen LogP contribution in [-0.4, -0.2) is 24.1 Å². The van der Waals surface area contributed by atoms with Gasteiger partial charge in [0, 0.05) is 6.04 Å². The van der Waals surface area contributed by atoms with Crippen molar-refractivity contribution in [1.29, 1.82) is 0 Å². The highest BCUT2D eigenvalue weighted by atomic mass is 16.5. The maximum atomic E-state index is 11.4. The van der Waals surface area contributed by atoms with Gasteiger partial charge in [-0.2, -0.15) is 0 Å². The van der Waals surface area contributed by atoms with Crippen molar-refractivity contribution >= 4 is 11.8 Å². The van der Waals surface area contributed by atoms with Gasteiger partial charge < -0.3 is 10.1 Å². The number of nitrogens with one attached hydrogen (secondary N) is 1. The summed E-state index contributed by atoms with van der Waals surface area (Å²) in [4.78, 5) is 15.8. The minimum atomic E-state index is -0.334. The van der Waals surface area contributed by atoms with Gasteiger partial charge in [-0.1, -0.05) is 13.3 Å². The van der Waals surface area contributed by atoms with Crippen LogP contribution in [-0.2, 0) is 4.74 Å². The highest BCUT2D eigenvalue weighted by molar-refractivity contribution is 5.90. The zero-order valence-electron chi connectivity index (χ0n) is 10.5. The zero-order chi connectivity index (χ0) is 12.4. The van der Waals surface area contributed by atoms with Gasteiger partial charge in [0.15, 0.2) is 0 Å². The van der Waals surface area contributed by atoms with Gasteiger partial charge in [-0.15, -0.1) is 0 Å². The first-order valence-electron chi connectivity index (χ1n) is 5.98. The zero-order valence-corrected chi connectivity index (χ0v) is 10.5. The molecule has 0 spiro atoms. The third kappa shape index (κ3) is 2.57. The molecule has 0 radical (unpaired) electrons. The molecule has 0 aromatic carbocycles. The lowest BCUT2D eigenvalue weighted by atomic mass is 10.2. The van der Waals surface area contributed by atoms with E-state index in [1.54, 1.807) is 6.07 Å². The van der Waals surface area contributed by atoms with Crippen LogP contribution in [0.2, 0.25) is 0 Å². The molecule has 4 heteroatoms. The van der Waals surface area contributed by atoms with Gasteiger partial charge in [-0.3, -0.25) is 0 Å². The van der Waals surface area contributed by atoms with E-state index in [2.05, 4.69) is 22.0 Å². The van der Waals surface area contributed by atoms with Gasteiger partial charge in [-0.25, -0.2) is 9.78 Å². The molecule has 0 aliphatic heterocycles. The molecule has 1 aliphatic rings. The Hall–Kier alpha value is -1.58. The van der Waals surface area contributed by atoms with Gasteiger partial charge >= 0.3 is 5.97 Å². The molecule has 2 rings (SSSR count). The molecule has 0 amide bonds. The number of methoxy groups -OCH3 is 1. The molecule has 0 saturated heterocycles. The number of nitrogens with zero attached hydrogens (tertiary/aromatic N) is 1. The summed E-state index contributed by atoms with van der Waals surface area (Å²) in [5.41, 5.74) is 1.23. The van der Waals surface area contributed by atoms with Crippen molar-refractivity contribution in [2.75, 3.05) is 12.4 Å². The van der Waals surface area contributed by atoms with Crippen LogP contribution in [0.15, 0.2) is 12.1 Å². The van der Waals surface area contributed by atoms with E-state index in [4.69, 9.17) is 0 Å². The standard InChI is InChI=1S/C13H18N2O2/c1-4-9-7-11(9)15-12-6-5-10(8(2)14-12)13(16)17-3/h5-6,9,11H,4,7H2,1-3H3,(H,14,15). The maximum absolute atomic E-state index is 11.4. The molecule has 0 bridgehead atoms. The topological polar surface area (TPSA) is 51.2 Å². The molecule has 1 fully saturated rings. The second-order valence-electron chi connectivity index (χ2n) is 4.48. The third-order valence-corrected chi connectivity index (χ3v) is 3.27. The van der Waals surface area contributed by atoms with Crippen LogP contribution in [0.25, 0.3) is 0 Å². The Morgan fingerprint density at radius 1 is 1.59 bits per heavy atom. The molecule has 1 heterocycles. The van der Waals surface area contributed by atoms with E-state index >= 15 is 0 Å². The second-order valence-corrected chi connectivity index (χ2v) is 4.48. The second kappa shape index (κ2) is 4.73. The molecular weight excluding hydrogens is 216 g/mol. The van der Waals surface area contributed by atoms with E-state index in [0.717, 1.165) is 11.7 Å². The van der Waals surface area contributed by atoms with Gasteiger partial charge in [0.1, 0.15) is 5.82 Å². The number of hydrogen-bond acceptors (Lipinski definition) is 4. The molecule has 92 valence electrons. The van der Waals surface area contributed by atoms with Crippen molar-refractivity contribution in [3.63, 3.8) is 0 Å². The van der Waals surface area contributed by atoms with E-state index < -0.39 is 0 Å². The van der Waals surface area contributed by atoms with E-state index in [1.165, 1.54) is 20.0 Å². The summed E-state index contributed by atoms with van der Waals surface area (Å²) >= 11 is 0. The van der Waals surface area contributed by atoms with Crippen LogP contribution < -0.4 is 5.32 Å². The van der Waals surface area contributed by atoms with Crippen molar-refractivity contribution in [2.45, 2.75) is 32.7 Å². The van der Waals surface area contributed by atoms with E-state index in [1.807, 2.05) is 13.0 Å². The van der Waals surface area contributed by atoms with Crippen LogP contribution in [0.5, 0.6) is 0 Å². The smallest absolute Gasteiger partial charge is 0.339 e. The lowest BCUT2D eigenvalue weighted by molar-refractivity contribution is 0.0599. The summed E-state index contributed by atoms with van der Waals surface area (Å²) in [6, 6.07) is 4.15. The number of hydrogen-bond donors (Lipinski definition) is 1. The number of esters is 1. The highest BCUT2D eigenvalue weighted by Gasteiger charge is 2.35. The van der Waals surface area contributed by atoms with Crippen LogP contribution in [0.3, 0.4) is 0 Å². The summed E-state index contributed by atoms with van der Waals surface area (Å²) in [6.45, 7) is 4.02. The van der Waals surface area contributed by atoms with Gasteiger partial charge in [0.2, 0.25) is 0 Å². The van der Waals surface area contributed by atoms with Crippen molar-refractivity contribution in [3.05, 3.63) is 23.4 Å². The molecule has 17 heavy (non-hydrogen) atoms. The van der Waals surface area contributed by atoms with Gasteiger partial charge in [0.05, 0.1) is 18.4 Å². The predicted molar refractivity (Wildman–Crippen MR) is 66.1 cm³/mol. The van der Waals surface area contributed by atoms with Crippen LogP contribution in [0.4, 0.5) is 5.82 Å². The molecule has 1 N–H and O–H groups in total. The Labute approximate surface area is 101 Å². The number of anilines is 1. The fourth-order valence-electron chi connectivity index (χ4n) is 2.03. The molecule has 2 unspecified atom stereocenters. The molecule has 1 saturated carbocycles. The Bertz CT molecular complexity index is 431. The normalized spacial score (nSPS) is 22.1. The predicted octanol–water partition coefficient (Wildman–Crippen LogP) is 2.39. The van der Waals surface area contributed by atoms with Crippen molar-refractivity contribution in [3.8, 4) is 0 Å². The number of aryl methyl sites for hydroxylation is 1. The SMILES string of the molecule is CCC1CC1Nc1ccc(C(=O)OC)c(C)n1. The van der Waals surface area contributed by atoms with Gasteiger partial charge in [-0.05, 0) is 31.4 Å². The molecule has 1 aromatic rings. The van der Waals surface area contributed by atoms with Crippen LogP contribution in [0, 0.1) is 12.8 Å². The first-order chi connectivity index (χ1) is 8.15. The number of aromatic nitrogens is 1. The lowest BCUT2D eigenvalue weighted by Crippen LogP contribution is -2.10. The number of carbonyl (C=O) groups excluding carboxylic acids is 1. The number of rotatable bonds is 4. The Kier molecular flexibility index (Phi) is 3.31. The fourth-order valence-corrected chi connectivity index (χ4v) is 2.03. The molecular formula is C13H18N2O2. The molecule has 1 aliphatic carbocycles. The number of carbonyl (C=O) groups is 1. The van der Waals surface area contributed by atoms with Crippen LogP contribution >= 0.6 is 0 Å². The molecule has 2 atom stereocenters. The van der Waals surface area contributed by atoms with Crippen molar-refractivity contribution in [2.24, 2.45) is 5.92 Å². The minimum Gasteiger partial charge on any atom is -0.465 e.